The molecule has 1 N–H and O–H groups in total. The third-order valence-corrected chi connectivity index (χ3v) is 4.30. The summed E-state index contributed by atoms with van der Waals surface area (Å²) in [5.74, 6) is 0.910. The summed E-state index contributed by atoms with van der Waals surface area (Å²) in [5, 5.41) is 8.06. The molecule has 0 radical (unpaired) electrons. The number of nitrogens with zero attached hydrogens (tertiary/aromatic N) is 5. The van der Waals surface area contributed by atoms with Crippen molar-refractivity contribution in [3.8, 4) is 11.3 Å². The third kappa shape index (κ3) is 4.97. The smallest absolute Gasteiger partial charge is 0.162 e. The van der Waals surface area contributed by atoms with Crippen LogP contribution in [0.15, 0.2) is 67.1 Å². The van der Waals surface area contributed by atoms with E-state index in [0.29, 0.717) is 6.54 Å². The molecule has 0 fully saturated rings. The summed E-state index contributed by atoms with van der Waals surface area (Å²) in [6.07, 6.45) is 5.54. The lowest BCUT2D eigenvalue weighted by atomic mass is 10.1. The van der Waals surface area contributed by atoms with Gasteiger partial charge in [0.1, 0.15) is 5.82 Å². The standard InChI is InChI=1S/C21H22N6.C2H6/c1-26(2)15-18-14-24-27-20(23-13-16-7-6-10-22-12-16)11-19(25-21(18)27)17-8-4-3-5-9-17;1-2/h3-12,14,23H,13,15H2,1-2H3;1-2H3. The number of rotatable bonds is 6. The fourth-order valence-electron chi connectivity index (χ4n) is 3.04. The van der Waals surface area contributed by atoms with Crippen LogP contribution in [0.3, 0.4) is 0 Å². The molecule has 4 rings (SSSR count). The molecule has 0 amide bonds. The summed E-state index contributed by atoms with van der Waals surface area (Å²) in [4.78, 5) is 11.2. The first-order chi connectivity index (χ1) is 14.2. The Balaban J connectivity index is 0.00000117. The minimum Gasteiger partial charge on any atom is -0.366 e. The molecule has 0 spiro atoms. The van der Waals surface area contributed by atoms with E-state index >= 15 is 0 Å². The van der Waals surface area contributed by atoms with Gasteiger partial charge < -0.3 is 10.2 Å². The zero-order valence-corrected chi connectivity index (χ0v) is 17.5. The second kappa shape index (κ2) is 9.80. The molecule has 6 nitrogen and oxygen atoms in total. The van der Waals surface area contributed by atoms with Gasteiger partial charge in [0.25, 0.3) is 0 Å². The van der Waals surface area contributed by atoms with Crippen LogP contribution in [0.4, 0.5) is 5.82 Å². The van der Waals surface area contributed by atoms with Crippen LogP contribution in [0, 0.1) is 0 Å². The molecule has 29 heavy (non-hydrogen) atoms. The molecular formula is C23H28N6. The lowest BCUT2D eigenvalue weighted by molar-refractivity contribution is 0.404. The van der Waals surface area contributed by atoms with E-state index in [1.807, 2.05) is 75.2 Å². The second-order valence-electron chi connectivity index (χ2n) is 6.75. The van der Waals surface area contributed by atoms with Gasteiger partial charge >= 0.3 is 0 Å². The number of benzene rings is 1. The van der Waals surface area contributed by atoms with Gasteiger partial charge in [0.2, 0.25) is 0 Å². The van der Waals surface area contributed by atoms with Gasteiger partial charge in [0.15, 0.2) is 5.65 Å². The molecule has 150 valence electrons. The molecule has 0 unspecified atom stereocenters. The fraction of sp³-hybridized carbons (Fsp3) is 0.261. The number of anilines is 1. The average Bonchev–Trinajstić information content (AvgIpc) is 3.17. The fourth-order valence-corrected chi connectivity index (χ4v) is 3.04. The van der Waals surface area contributed by atoms with Gasteiger partial charge in [-0.1, -0.05) is 50.2 Å². The summed E-state index contributed by atoms with van der Waals surface area (Å²) in [6.45, 7) is 5.46. The molecule has 3 aromatic heterocycles. The van der Waals surface area contributed by atoms with Crippen LogP contribution >= 0.6 is 0 Å². The Hall–Kier alpha value is -3.25. The van der Waals surface area contributed by atoms with Gasteiger partial charge in [0, 0.05) is 42.7 Å². The monoisotopic (exact) mass is 388 g/mol. The summed E-state index contributed by atoms with van der Waals surface area (Å²) < 4.78 is 1.88. The number of nitrogens with one attached hydrogen (secondary N) is 1. The lowest BCUT2D eigenvalue weighted by Crippen LogP contribution is -2.11. The van der Waals surface area contributed by atoms with Crippen molar-refractivity contribution in [2.45, 2.75) is 26.9 Å². The maximum absolute atomic E-state index is 4.90. The van der Waals surface area contributed by atoms with E-state index in [-0.39, 0.29) is 0 Å². The van der Waals surface area contributed by atoms with Gasteiger partial charge in [-0.3, -0.25) is 4.98 Å². The summed E-state index contributed by atoms with van der Waals surface area (Å²) in [7, 11) is 4.10. The highest BCUT2D eigenvalue weighted by molar-refractivity contribution is 5.67. The topological polar surface area (TPSA) is 58.4 Å². The first-order valence-electron chi connectivity index (χ1n) is 9.91. The number of hydrogen-bond donors (Lipinski definition) is 1. The molecule has 0 aliphatic rings. The molecule has 4 aromatic rings. The maximum atomic E-state index is 4.90. The molecule has 0 bridgehead atoms. The Kier molecular flexibility index (Phi) is 6.92. The second-order valence-corrected chi connectivity index (χ2v) is 6.75. The van der Waals surface area contributed by atoms with E-state index in [2.05, 4.69) is 38.5 Å². The minimum absolute atomic E-state index is 0.671. The van der Waals surface area contributed by atoms with Crippen molar-refractivity contribution in [1.29, 1.82) is 0 Å². The highest BCUT2D eigenvalue weighted by atomic mass is 15.3. The van der Waals surface area contributed by atoms with Crippen molar-refractivity contribution in [2.24, 2.45) is 0 Å². The van der Waals surface area contributed by atoms with Crippen LogP contribution in [-0.4, -0.2) is 38.6 Å². The largest absolute Gasteiger partial charge is 0.366 e. The molecule has 1 aromatic carbocycles. The van der Waals surface area contributed by atoms with Crippen LogP contribution < -0.4 is 5.32 Å². The predicted octanol–water partition coefficient (Wildman–Crippen LogP) is 4.49. The minimum atomic E-state index is 0.671. The van der Waals surface area contributed by atoms with Crippen molar-refractivity contribution >= 4 is 11.5 Å². The Morgan fingerprint density at radius 3 is 2.48 bits per heavy atom. The normalized spacial score (nSPS) is 10.7. The van der Waals surface area contributed by atoms with E-state index in [1.54, 1.807) is 6.20 Å². The molecule has 0 saturated heterocycles. The van der Waals surface area contributed by atoms with E-state index in [9.17, 15) is 0 Å². The number of hydrogen-bond acceptors (Lipinski definition) is 5. The van der Waals surface area contributed by atoms with Gasteiger partial charge in [-0.05, 0) is 25.7 Å². The quantitative estimate of drug-likeness (QED) is 0.527. The summed E-state index contributed by atoms with van der Waals surface area (Å²) >= 11 is 0. The number of pyridine rings is 1. The number of fused-ring (bicyclic) bond motifs is 1. The highest BCUT2D eigenvalue weighted by Crippen LogP contribution is 2.24. The Morgan fingerprint density at radius 1 is 1.00 bits per heavy atom. The Morgan fingerprint density at radius 2 is 1.79 bits per heavy atom. The average molecular weight is 389 g/mol. The van der Waals surface area contributed by atoms with Crippen LogP contribution in [-0.2, 0) is 13.1 Å². The van der Waals surface area contributed by atoms with Crippen LogP contribution in [0.25, 0.3) is 16.9 Å². The van der Waals surface area contributed by atoms with E-state index in [1.165, 1.54) is 0 Å². The predicted molar refractivity (Wildman–Crippen MR) is 119 cm³/mol. The molecule has 6 heteroatoms. The number of aromatic nitrogens is 4. The van der Waals surface area contributed by atoms with Crippen LogP contribution in [0.1, 0.15) is 25.0 Å². The summed E-state index contributed by atoms with van der Waals surface area (Å²) in [6, 6.07) is 16.3. The molecule has 3 heterocycles. The lowest BCUT2D eigenvalue weighted by Gasteiger charge is -2.12. The van der Waals surface area contributed by atoms with Crippen LogP contribution in [0.5, 0.6) is 0 Å². The van der Waals surface area contributed by atoms with Crippen molar-refractivity contribution < 1.29 is 0 Å². The van der Waals surface area contributed by atoms with Crippen LogP contribution in [0.2, 0.25) is 0 Å². The Labute approximate surface area is 172 Å². The van der Waals surface area contributed by atoms with Crippen molar-refractivity contribution in [1.82, 2.24) is 24.5 Å². The molecule has 0 saturated carbocycles. The molecule has 0 atom stereocenters. The van der Waals surface area contributed by atoms with E-state index in [0.717, 1.165) is 40.4 Å². The first kappa shape index (κ1) is 20.5. The van der Waals surface area contributed by atoms with Gasteiger partial charge in [-0.15, -0.1) is 0 Å². The van der Waals surface area contributed by atoms with Gasteiger partial charge in [-0.25, -0.2) is 4.98 Å². The van der Waals surface area contributed by atoms with Crippen molar-refractivity contribution in [3.05, 3.63) is 78.2 Å². The SMILES string of the molecule is CC.CN(C)Cc1cnn2c(NCc3cccnc3)cc(-c3ccccc3)nc12. The zero-order chi connectivity index (χ0) is 20.6. The Bertz CT molecular complexity index is 1030. The summed E-state index contributed by atoms with van der Waals surface area (Å²) in [5.41, 5.74) is 5.10. The third-order valence-electron chi connectivity index (χ3n) is 4.30. The van der Waals surface area contributed by atoms with Crippen molar-refractivity contribution in [2.75, 3.05) is 19.4 Å². The van der Waals surface area contributed by atoms with E-state index < -0.39 is 0 Å². The first-order valence-corrected chi connectivity index (χ1v) is 9.91. The van der Waals surface area contributed by atoms with Gasteiger partial charge in [-0.2, -0.15) is 9.61 Å². The molecule has 0 aliphatic carbocycles. The van der Waals surface area contributed by atoms with Gasteiger partial charge in [0.05, 0.1) is 11.9 Å². The molecular weight excluding hydrogens is 360 g/mol. The maximum Gasteiger partial charge on any atom is 0.162 e. The van der Waals surface area contributed by atoms with E-state index in [4.69, 9.17) is 4.98 Å². The van der Waals surface area contributed by atoms with Crippen molar-refractivity contribution in [3.63, 3.8) is 0 Å². The zero-order valence-electron chi connectivity index (χ0n) is 17.5. The molecule has 0 aliphatic heterocycles. The highest BCUT2D eigenvalue weighted by Gasteiger charge is 2.13.